The number of benzene rings is 1. The van der Waals surface area contributed by atoms with E-state index in [-0.39, 0.29) is 24.0 Å². The predicted octanol–water partition coefficient (Wildman–Crippen LogP) is 2.14. The minimum atomic E-state index is -0.940. The van der Waals surface area contributed by atoms with E-state index in [1.807, 2.05) is 10.2 Å². The van der Waals surface area contributed by atoms with Gasteiger partial charge in [0, 0.05) is 35.7 Å². The summed E-state index contributed by atoms with van der Waals surface area (Å²) >= 11 is 0. The van der Waals surface area contributed by atoms with E-state index >= 15 is 0 Å². The number of nitrogens with zero attached hydrogens (tertiary/aromatic N) is 4. The zero-order valence-electron chi connectivity index (χ0n) is 19.6. The summed E-state index contributed by atoms with van der Waals surface area (Å²) in [6.07, 6.45) is 5.09. The van der Waals surface area contributed by atoms with Crippen LogP contribution in [0.3, 0.4) is 0 Å². The number of alkyl carbamates (subject to hydrolysis) is 1. The lowest BCUT2D eigenvalue weighted by Gasteiger charge is -2.31. The SMILES string of the molecule is N=C(N)NC(=O)OCc1cccc(-c2cnc(N3CC(=NOCCO[C@H]4CCCCO4)C3)nc2)c1F. The van der Waals surface area contributed by atoms with Crippen LogP contribution in [0.2, 0.25) is 0 Å². The van der Waals surface area contributed by atoms with Crippen molar-refractivity contribution in [3.05, 3.63) is 42.0 Å². The molecule has 0 unspecified atom stereocenters. The van der Waals surface area contributed by atoms with E-state index in [9.17, 15) is 9.18 Å². The first kappa shape index (κ1) is 25.3. The second-order valence-electron chi connectivity index (χ2n) is 8.18. The second-order valence-corrected chi connectivity index (χ2v) is 8.18. The van der Waals surface area contributed by atoms with Crippen LogP contribution in [0, 0.1) is 11.2 Å². The summed E-state index contributed by atoms with van der Waals surface area (Å²) in [5.41, 5.74) is 6.84. The van der Waals surface area contributed by atoms with E-state index in [1.54, 1.807) is 12.1 Å². The van der Waals surface area contributed by atoms with Crippen molar-refractivity contribution in [1.29, 1.82) is 5.41 Å². The molecule has 0 bridgehead atoms. The second kappa shape index (κ2) is 12.2. The molecule has 2 aromatic rings. The third-order valence-electron chi connectivity index (χ3n) is 5.46. The van der Waals surface area contributed by atoms with Crippen LogP contribution in [-0.4, -0.2) is 66.9 Å². The minimum Gasteiger partial charge on any atom is -0.444 e. The van der Waals surface area contributed by atoms with Crippen molar-refractivity contribution in [2.45, 2.75) is 32.2 Å². The van der Waals surface area contributed by atoms with E-state index < -0.39 is 17.9 Å². The summed E-state index contributed by atoms with van der Waals surface area (Å²) in [7, 11) is 0. The molecule has 12 nitrogen and oxygen atoms in total. The number of nitrogens with two attached hydrogens (primary N) is 1. The number of carbonyl (C=O) groups excluding carboxylic acids is 1. The fourth-order valence-electron chi connectivity index (χ4n) is 3.62. The van der Waals surface area contributed by atoms with Gasteiger partial charge >= 0.3 is 6.09 Å². The van der Waals surface area contributed by atoms with Crippen LogP contribution in [0.1, 0.15) is 24.8 Å². The highest BCUT2D eigenvalue weighted by atomic mass is 19.1. The van der Waals surface area contributed by atoms with Crippen molar-refractivity contribution < 1.29 is 28.2 Å². The van der Waals surface area contributed by atoms with Crippen molar-refractivity contribution in [2.24, 2.45) is 10.9 Å². The Morgan fingerprint density at radius 2 is 2.08 bits per heavy atom. The lowest BCUT2D eigenvalue weighted by Crippen LogP contribution is -2.48. The Balaban J connectivity index is 1.24. The van der Waals surface area contributed by atoms with Gasteiger partial charge in [0.1, 0.15) is 19.0 Å². The molecule has 2 fully saturated rings. The standard InChI is InChI=1S/C23H28FN7O5/c24-20-15(14-35-23(32)29-21(25)26)4-3-5-18(20)16-10-27-22(28-11-16)31-12-17(13-31)30-36-9-8-34-19-6-1-2-7-33-19/h3-5,10-11,19H,1-2,6-9,12-14H2,(H4,25,26,29,32)/t19-/m0/s1. The van der Waals surface area contributed by atoms with Crippen molar-refractivity contribution in [2.75, 3.05) is 37.8 Å². The van der Waals surface area contributed by atoms with Crippen molar-refractivity contribution >= 4 is 23.7 Å². The largest absolute Gasteiger partial charge is 0.444 e. The number of hydrogen-bond acceptors (Lipinski definition) is 10. The van der Waals surface area contributed by atoms with Gasteiger partial charge in [0.15, 0.2) is 12.2 Å². The minimum absolute atomic E-state index is 0.141. The van der Waals surface area contributed by atoms with Gasteiger partial charge in [-0.15, -0.1) is 0 Å². The van der Waals surface area contributed by atoms with Crippen LogP contribution in [0.15, 0.2) is 35.7 Å². The number of guanidine groups is 1. The predicted molar refractivity (Wildman–Crippen MR) is 128 cm³/mol. The van der Waals surface area contributed by atoms with Gasteiger partial charge in [-0.05, 0) is 19.3 Å². The number of ether oxygens (including phenoxy) is 3. The highest BCUT2D eigenvalue weighted by molar-refractivity contribution is 5.98. The van der Waals surface area contributed by atoms with Crippen LogP contribution in [0.4, 0.5) is 15.1 Å². The molecule has 1 aromatic carbocycles. The summed E-state index contributed by atoms with van der Waals surface area (Å²) in [4.78, 5) is 27.4. The van der Waals surface area contributed by atoms with Gasteiger partial charge in [-0.3, -0.25) is 10.7 Å². The van der Waals surface area contributed by atoms with Crippen molar-refractivity contribution in [1.82, 2.24) is 15.3 Å². The number of aromatic nitrogens is 2. The highest BCUT2D eigenvalue weighted by Gasteiger charge is 2.25. The fraction of sp³-hybridized carbons (Fsp3) is 0.435. The highest BCUT2D eigenvalue weighted by Crippen LogP contribution is 2.26. The summed E-state index contributed by atoms with van der Waals surface area (Å²) in [6.45, 7) is 2.27. The molecule has 0 spiro atoms. The molecule has 3 heterocycles. The number of rotatable bonds is 9. The Labute approximate surface area is 207 Å². The molecule has 0 aliphatic carbocycles. The van der Waals surface area contributed by atoms with Gasteiger partial charge in [0.2, 0.25) is 5.95 Å². The molecule has 2 aliphatic heterocycles. The third-order valence-corrected chi connectivity index (χ3v) is 5.46. The number of oxime groups is 1. The third kappa shape index (κ3) is 6.86. The van der Waals surface area contributed by atoms with Gasteiger partial charge in [-0.25, -0.2) is 19.2 Å². The van der Waals surface area contributed by atoms with Gasteiger partial charge in [-0.2, -0.15) is 0 Å². The molecule has 0 radical (unpaired) electrons. The summed E-state index contributed by atoms with van der Waals surface area (Å²) in [6, 6.07) is 4.72. The maximum absolute atomic E-state index is 14.9. The van der Waals surface area contributed by atoms with E-state index in [2.05, 4.69) is 15.1 Å². The molecular formula is C23H28FN7O5. The molecule has 2 saturated heterocycles. The van der Waals surface area contributed by atoms with Gasteiger partial charge in [0.05, 0.1) is 25.4 Å². The average molecular weight is 502 g/mol. The van der Waals surface area contributed by atoms with E-state index in [1.165, 1.54) is 18.5 Å². The van der Waals surface area contributed by atoms with Crippen LogP contribution < -0.4 is 16.0 Å². The lowest BCUT2D eigenvalue weighted by molar-refractivity contribution is -0.169. The number of halogens is 1. The summed E-state index contributed by atoms with van der Waals surface area (Å²) in [5.74, 6) is -0.620. The maximum atomic E-state index is 14.9. The topological polar surface area (TPSA) is 157 Å². The summed E-state index contributed by atoms with van der Waals surface area (Å²) in [5, 5.41) is 13.1. The monoisotopic (exact) mass is 501 g/mol. The number of amides is 1. The van der Waals surface area contributed by atoms with Crippen LogP contribution in [-0.2, 0) is 25.7 Å². The van der Waals surface area contributed by atoms with Gasteiger partial charge in [-0.1, -0.05) is 23.4 Å². The Morgan fingerprint density at radius 1 is 1.28 bits per heavy atom. The van der Waals surface area contributed by atoms with E-state index in [0.29, 0.717) is 37.8 Å². The first-order valence-corrected chi connectivity index (χ1v) is 11.5. The Hall–Kier alpha value is -3.84. The number of nitrogens with one attached hydrogen (secondary N) is 2. The maximum Gasteiger partial charge on any atom is 0.414 e. The number of carbonyl (C=O) groups is 1. The molecular weight excluding hydrogens is 473 g/mol. The Morgan fingerprint density at radius 3 is 2.81 bits per heavy atom. The zero-order chi connectivity index (χ0) is 25.3. The van der Waals surface area contributed by atoms with Gasteiger partial charge < -0.3 is 29.7 Å². The molecule has 4 N–H and O–H groups in total. The number of anilines is 1. The molecule has 4 rings (SSSR count). The first-order chi connectivity index (χ1) is 17.5. The summed E-state index contributed by atoms with van der Waals surface area (Å²) < 4.78 is 30.9. The fourth-order valence-corrected chi connectivity index (χ4v) is 3.62. The molecule has 0 saturated carbocycles. The molecule has 1 amide bonds. The lowest BCUT2D eigenvalue weighted by atomic mass is 10.1. The van der Waals surface area contributed by atoms with Crippen LogP contribution in [0.25, 0.3) is 11.1 Å². The van der Waals surface area contributed by atoms with Gasteiger partial charge in [0.25, 0.3) is 0 Å². The zero-order valence-corrected chi connectivity index (χ0v) is 19.6. The Kier molecular flexibility index (Phi) is 8.57. The first-order valence-electron chi connectivity index (χ1n) is 11.5. The quantitative estimate of drug-likeness (QED) is 0.203. The number of hydrogen-bond donors (Lipinski definition) is 3. The molecule has 36 heavy (non-hydrogen) atoms. The Bertz CT molecular complexity index is 1080. The molecule has 13 heteroatoms. The van der Waals surface area contributed by atoms with E-state index in [4.69, 9.17) is 30.2 Å². The van der Waals surface area contributed by atoms with Crippen molar-refractivity contribution in [3.8, 4) is 11.1 Å². The molecule has 1 atom stereocenters. The normalized spacial score (nSPS) is 17.2. The van der Waals surface area contributed by atoms with Crippen molar-refractivity contribution in [3.63, 3.8) is 0 Å². The van der Waals surface area contributed by atoms with Crippen LogP contribution in [0.5, 0.6) is 0 Å². The van der Waals surface area contributed by atoms with E-state index in [0.717, 1.165) is 31.6 Å². The van der Waals surface area contributed by atoms with Crippen LogP contribution >= 0.6 is 0 Å². The molecule has 2 aliphatic rings. The average Bonchev–Trinajstić information content (AvgIpc) is 2.85. The smallest absolute Gasteiger partial charge is 0.414 e. The molecule has 1 aromatic heterocycles. The molecule has 192 valence electrons.